The van der Waals surface area contributed by atoms with Gasteiger partial charge >= 0.3 is 0 Å². The van der Waals surface area contributed by atoms with E-state index in [0.29, 0.717) is 22.6 Å². The van der Waals surface area contributed by atoms with E-state index in [0.717, 1.165) is 0 Å². The van der Waals surface area contributed by atoms with Gasteiger partial charge in [0, 0.05) is 6.42 Å². The molecule has 3 rings (SSSR count). The summed E-state index contributed by atoms with van der Waals surface area (Å²) in [5, 5.41) is 10.3. The molecule has 21 heavy (non-hydrogen) atoms. The zero-order chi connectivity index (χ0) is 14.8. The van der Waals surface area contributed by atoms with Crippen LogP contribution in [0.25, 0.3) is 0 Å². The van der Waals surface area contributed by atoms with Gasteiger partial charge in [0.25, 0.3) is 0 Å². The molecule has 1 atom stereocenters. The second-order valence-electron chi connectivity index (χ2n) is 4.77. The number of hydrogen-bond donors (Lipinski definition) is 1. The maximum Gasteiger partial charge on any atom is 0.231 e. The fourth-order valence-corrected chi connectivity index (χ4v) is 2.32. The number of rotatable bonds is 4. The van der Waals surface area contributed by atoms with Gasteiger partial charge in [0.15, 0.2) is 23.1 Å². The van der Waals surface area contributed by atoms with Gasteiger partial charge in [-0.1, -0.05) is 18.2 Å². The van der Waals surface area contributed by atoms with E-state index in [1.54, 1.807) is 36.4 Å². The third-order valence-electron chi connectivity index (χ3n) is 3.46. The van der Waals surface area contributed by atoms with Gasteiger partial charge < -0.3 is 19.3 Å². The van der Waals surface area contributed by atoms with Crippen molar-refractivity contribution in [2.24, 2.45) is 0 Å². The lowest BCUT2D eigenvalue weighted by Crippen LogP contribution is -2.04. The van der Waals surface area contributed by atoms with E-state index in [1.165, 1.54) is 7.11 Å². The Kier molecular flexibility index (Phi) is 3.66. The van der Waals surface area contributed by atoms with Gasteiger partial charge in [0.1, 0.15) is 0 Å². The highest BCUT2D eigenvalue weighted by Crippen LogP contribution is 2.35. The molecule has 4 nitrogen and oxygen atoms in total. The summed E-state index contributed by atoms with van der Waals surface area (Å²) in [6.07, 6.45) is -0.677. The molecule has 0 saturated heterocycles. The lowest BCUT2D eigenvalue weighted by atomic mass is 10.0. The van der Waals surface area contributed by atoms with E-state index in [4.69, 9.17) is 14.2 Å². The van der Waals surface area contributed by atoms with Crippen molar-refractivity contribution < 1.29 is 23.7 Å². The molecule has 0 amide bonds. The number of ether oxygens (including phenoxy) is 3. The number of halogens is 1. The molecule has 110 valence electrons. The molecule has 2 aromatic rings. The summed E-state index contributed by atoms with van der Waals surface area (Å²) < 4.78 is 29.5. The molecule has 0 aliphatic carbocycles. The summed E-state index contributed by atoms with van der Waals surface area (Å²) in [7, 11) is 1.41. The molecule has 0 fully saturated rings. The van der Waals surface area contributed by atoms with Crippen LogP contribution in [0.5, 0.6) is 17.2 Å². The number of benzene rings is 2. The van der Waals surface area contributed by atoms with Gasteiger partial charge in [-0.15, -0.1) is 0 Å². The fraction of sp³-hybridized carbons (Fsp3) is 0.250. The first-order valence-electron chi connectivity index (χ1n) is 6.58. The summed E-state index contributed by atoms with van der Waals surface area (Å²) in [5.74, 6) is 0.973. The molecule has 0 spiro atoms. The number of methoxy groups -OCH3 is 1. The van der Waals surface area contributed by atoms with Gasteiger partial charge in [-0.2, -0.15) is 0 Å². The van der Waals surface area contributed by atoms with Crippen LogP contribution in [0.4, 0.5) is 4.39 Å². The van der Waals surface area contributed by atoms with E-state index in [-0.39, 0.29) is 19.0 Å². The third-order valence-corrected chi connectivity index (χ3v) is 3.46. The zero-order valence-corrected chi connectivity index (χ0v) is 11.5. The summed E-state index contributed by atoms with van der Waals surface area (Å²) >= 11 is 0. The number of aliphatic hydroxyl groups excluding tert-OH is 1. The van der Waals surface area contributed by atoms with Crippen LogP contribution in [0.1, 0.15) is 17.2 Å². The highest BCUT2D eigenvalue weighted by molar-refractivity contribution is 5.45. The van der Waals surface area contributed by atoms with Gasteiger partial charge in [0.05, 0.1) is 13.2 Å². The largest absolute Gasteiger partial charge is 0.494 e. The molecular formula is C16H15FO4. The topological polar surface area (TPSA) is 47.9 Å². The molecule has 1 heterocycles. The zero-order valence-electron chi connectivity index (χ0n) is 11.5. The SMILES string of the molecule is COc1cccc(CC(O)c2ccc3c(c2)OCO3)c1F. The second-order valence-corrected chi connectivity index (χ2v) is 4.77. The highest BCUT2D eigenvalue weighted by atomic mass is 19.1. The molecule has 0 aromatic heterocycles. The Labute approximate surface area is 121 Å². The maximum absolute atomic E-state index is 14.1. The van der Waals surface area contributed by atoms with Crippen LogP contribution in [0.15, 0.2) is 36.4 Å². The van der Waals surface area contributed by atoms with E-state index >= 15 is 0 Å². The smallest absolute Gasteiger partial charge is 0.231 e. The standard InChI is InChI=1S/C16H15FO4/c1-19-14-4-2-3-11(16(14)17)7-12(18)10-5-6-13-15(8-10)21-9-20-13/h2-6,8,12,18H,7,9H2,1H3. The molecule has 0 saturated carbocycles. The Morgan fingerprint density at radius 1 is 1.24 bits per heavy atom. The molecule has 1 unspecified atom stereocenters. The lowest BCUT2D eigenvalue weighted by molar-refractivity contribution is 0.171. The average Bonchev–Trinajstić information content (AvgIpc) is 2.96. The Morgan fingerprint density at radius 2 is 2.05 bits per heavy atom. The third kappa shape index (κ3) is 2.64. The van der Waals surface area contributed by atoms with Crippen LogP contribution in [0.3, 0.4) is 0 Å². The van der Waals surface area contributed by atoms with Crippen molar-refractivity contribution in [2.75, 3.05) is 13.9 Å². The van der Waals surface area contributed by atoms with Crippen LogP contribution < -0.4 is 14.2 Å². The lowest BCUT2D eigenvalue weighted by Gasteiger charge is -2.13. The Hall–Kier alpha value is -2.27. The Balaban J connectivity index is 1.82. The van der Waals surface area contributed by atoms with E-state index in [2.05, 4.69) is 0 Å². The summed E-state index contributed by atoms with van der Waals surface area (Å²) in [4.78, 5) is 0. The van der Waals surface area contributed by atoms with Crippen molar-refractivity contribution in [1.82, 2.24) is 0 Å². The summed E-state index contributed by atoms with van der Waals surface area (Å²) in [6.45, 7) is 0.180. The molecule has 0 bridgehead atoms. The summed E-state index contributed by atoms with van der Waals surface area (Å²) in [6, 6.07) is 10.1. The van der Waals surface area contributed by atoms with Gasteiger partial charge in [-0.05, 0) is 29.3 Å². The Bertz CT molecular complexity index is 657. The summed E-state index contributed by atoms with van der Waals surface area (Å²) in [5.41, 5.74) is 1.06. The van der Waals surface area contributed by atoms with E-state index in [1.807, 2.05) is 0 Å². The first-order chi connectivity index (χ1) is 10.2. The minimum atomic E-state index is -0.832. The van der Waals surface area contributed by atoms with Crippen molar-refractivity contribution >= 4 is 0 Å². The fourth-order valence-electron chi connectivity index (χ4n) is 2.32. The van der Waals surface area contributed by atoms with Crippen LogP contribution >= 0.6 is 0 Å². The van der Waals surface area contributed by atoms with Crippen molar-refractivity contribution in [3.8, 4) is 17.2 Å². The van der Waals surface area contributed by atoms with Crippen LogP contribution in [0, 0.1) is 5.82 Å². The molecule has 1 aliphatic rings. The molecule has 1 N–H and O–H groups in total. The average molecular weight is 290 g/mol. The first kappa shape index (κ1) is 13.7. The van der Waals surface area contributed by atoms with Gasteiger partial charge in [0.2, 0.25) is 6.79 Å². The number of aliphatic hydroxyl groups is 1. The highest BCUT2D eigenvalue weighted by Gasteiger charge is 2.18. The van der Waals surface area contributed by atoms with E-state index in [9.17, 15) is 9.50 Å². The minimum Gasteiger partial charge on any atom is -0.494 e. The quantitative estimate of drug-likeness (QED) is 0.940. The van der Waals surface area contributed by atoms with Gasteiger partial charge in [-0.3, -0.25) is 0 Å². The first-order valence-corrected chi connectivity index (χ1v) is 6.58. The van der Waals surface area contributed by atoms with Crippen LogP contribution in [-0.2, 0) is 6.42 Å². The maximum atomic E-state index is 14.1. The van der Waals surface area contributed by atoms with E-state index < -0.39 is 11.9 Å². The predicted molar refractivity (Wildman–Crippen MR) is 74.2 cm³/mol. The van der Waals surface area contributed by atoms with Crippen molar-refractivity contribution in [2.45, 2.75) is 12.5 Å². The molecule has 2 aromatic carbocycles. The normalized spacial score (nSPS) is 14.0. The predicted octanol–water partition coefficient (Wildman–Crippen LogP) is 2.84. The minimum absolute atomic E-state index is 0.155. The van der Waals surface area contributed by atoms with Crippen LogP contribution in [0.2, 0.25) is 0 Å². The number of fused-ring (bicyclic) bond motifs is 1. The second kappa shape index (κ2) is 5.61. The Morgan fingerprint density at radius 3 is 2.86 bits per heavy atom. The number of hydrogen-bond acceptors (Lipinski definition) is 4. The monoisotopic (exact) mass is 290 g/mol. The molecule has 1 aliphatic heterocycles. The molecular weight excluding hydrogens is 275 g/mol. The molecule has 5 heteroatoms. The van der Waals surface area contributed by atoms with Crippen molar-refractivity contribution in [3.63, 3.8) is 0 Å². The van der Waals surface area contributed by atoms with Crippen molar-refractivity contribution in [1.29, 1.82) is 0 Å². The van der Waals surface area contributed by atoms with Crippen molar-refractivity contribution in [3.05, 3.63) is 53.3 Å². The van der Waals surface area contributed by atoms with Gasteiger partial charge in [-0.25, -0.2) is 4.39 Å². The molecule has 0 radical (unpaired) electrons. The van der Waals surface area contributed by atoms with Crippen LogP contribution in [-0.4, -0.2) is 19.0 Å².